The SMILES string of the molecule is CCCCCCCC(CCC(=O)CCCC)C(=O)O. The number of carbonyl (C=O) groups excluding carboxylic acids is 1. The first-order valence-corrected chi connectivity index (χ1v) is 7.86. The monoisotopic (exact) mass is 270 g/mol. The molecule has 0 spiro atoms. The van der Waals surface area contributed by atoms with Crippen LogP contribution in [0.3, 0.4) is 0 Å². The summed E-state index contributed by atoms with van der Waals surface area (Å²) in [7, 11) is 0. The van der Waals surface area contributed by atoms with E-state index in [1.165, 1.54) is 19.3 Å². The summed E-state index contributed by atoms with van der Waals surface area (Å²) >= 11 is 0. The fraction of sp³-hybridized carbons (Fsp3) is 0.875. The van der Waals surface area contributed by atoms with Gasteiger partial charge in [0.1, 0.15) is 5.78 Å². The van der Waals surface area contributed by atoms with Gasteiger partial charge in [0.15, 0.2) is 0 Å². The van der Waals surface area contributed by atoms with Crippen molar-refractivity contribution in [2.24, 2.45) is 5.92 Å². The van der Waals surface area contributed by atoms with E-state index >= 15 is 0 Å². The van der Waals surface area contributed by atoms with Crippen LogP contribution in [0.25, 0.3) is 0 Å². The second-order valence-electron chi connectivity index (χ2n) is 5.42. The second kappa shape index (κ2) is 12.2. The van der Waals surface area contributed by atoms with Gasteiger partial charge in [0, 0.05) is 12.8 Å². The van der Waals surface area contributed by atoms with Gasteiger partial charge in [-0.05, 0) is 19.3 Å². The maximum absolute atomic E-state index is 11.6. The highest BCUT2D eigenvalue weighted by Crippen LogP contribution is 2.18. The Kier molecular flexibility index (Phi) is 11.6. The number of unbranched alkanes of at least 4 members (excludes halogenated alkanes) is 5. The molecule has 1 unspecified atom stereocenters. The van der Waals surface area contributed by atoms with Crippen LogP contribution in [0.2, 0.25) is 0 Å². The van der Waals surface area contributed by atoms with Gasteiger partial charge in [0.2, 0.25) is 0 Å². The zero-order chi connectivity index (χ0) is 14.5. The van der Waals surface area contributed by atoms with Crippen LogP contribution in [0.5, 0.6) is 0 Å². The third-order valence-corrected chi connectivity index (χ3v) is 3.59. The average molecular weight is 270 g/mol. The molecular formula is C16H30O3. The molecule has 112 valence electrons. The molecule has 1 N–H and O–H groups in total. The predicted octanol–water partition coefficient (Wildman–Crippen LogP) is 4.59. The Labute approximate surface area is 117 Å². The largest absolute Gasteiger partial charge is 0.481 e. The van der Waals surface area contributed by atoms with E-state index in [0.29, 0.717) is 19.3 Å². The lowest BCUT2D eigenvalue weighted by Crippen LogP contribution is -2.15. The van der Waals surface area contributed by atoms with Crippen molar-refractivity contribution in [3.05, 3.63) is 0 Å². The van der Waals surface area contributed by atoms with Crippen LogP contribution in [0.15, 0.2) is 0 Å². The third-order valence-electron chi connectivity index (χ3n) is 3.59. The molecule has 1 atom stereocenters. The minimum Gasteiger partial charge on any atom is -0.481 e. The Balaban J connectivity index is 3.79. The van der Waals surface area contributed by atoms with E-state index in [1.807, 2.05) is 0 Å². The van der Waals surface area contributed by atoms with E-state index < -0.39 is 5.97 Å². The Hall–Kier alpha value is -0.860. The first-order valence-electron chi connectivity index (χ1n) is 7.86. The molecule has 0 aromatic carbocycles. The molecule has 0 fully saturated rings. The standard InChI is InChI=1S/C16H30O3/c1-3-5-7-8-9-10-14(16(18)19)12-13-15(17)11-6-4-2/h14H,3-13H2,1-2H3,(H,18,19). The van der Waals surface area contributed by atoms with Crippen LogP contribution in [0, 0.1) is 5.92 Å². The molecule has 19 heavy (non-hydrogen) atoms. The number of aliphatic carboxylic acids is 1. The van der Waals surface area contributed by atoms with Crippen molar-refractivity contribution in [2.75, 3.05) is 0 Å². The predicted molar refractivity (Wildman–Crippen MR) is 78.3 cm³/mol. The van der Waals surface area contributed by atoms with E-state index in [-0.39, 0.29) is 11.7 Å². The van der Waals surface area contributed by atoms with Crippen molar-refractivity contribution in [2.45, 2.75) is 84.5 Å². The van der Waals surface area contributed by atoms with Crippen LogP contribution in [-0.4, -0.2) is 16.9 Å². The van der Waals surface area contributed by atoms with Crippen molar-refractivity contribution in [1.29, 1.82) is 0 Å². The molecule has 0 aliphatic rings. The minimum atomic E-state index is -0.737. The van der Waals surface area contributed by atoms with Crippen molar-refractivity contribution in [3.8, 4) is 0 Å². The normalized spacial score (nSPS) is 12.3. The summed E-state index contributed by atoms with van der Waals surface area (Å²) in [6.45, 7) is 4.23. The first kappa shape index (κ1) is 18.1. The fourth-order valence-electron chi connectivity index (χ4n) is 2.22. The number of carboxylic acids is 1. The van der Waals surface area contributed by atoms with E-state index in [2.05, 4.69) is 13.8 Å². The highest BCUT2D eigenvalue weighted by Gasteiger charge is 2.18. The van der Waals surface area contributed by atoms with Gasteiger partial charge < -0.3 is 5.11 Å². The molecule has 0 radical (unpaired) electrons. The number of Topliss-reactive ketones (excluding diaryl/α,β-unsaturated/α-hetero) is 1. The molecule has 0 aliphatic carbocycles. The molecule has 0 rings (SSSR count). The maximum atomic E-state index is 11.6. The molecule has 3 heteroatoms. The zero-order valence-electron chi connectivity index (χ0n) is 12.6. The van der Waals surface area contributed by atoms with Crippen molar-refractivity contribution >= 4 is 11.8 Å². The van der Waals surface area contributed by atoms with E-state index in [1.54, 1.807) is 0 Å². The zero-order valence-corrected chi connectivity index (χ0v) is 12.6. The first-order chi connectivity index (χ1) is 9.11. The summed E-state index contributed by atoms with van der Waals surface area (Å²) in [5.74, 6) is -0.843. The molecule has 0 saturated heterocycles. The van der Waals surface area contributed by atoms with Gasteiger partial charge in [-0.15, -0.1) is 0 Å². The van der Waals surface area contributed by atoms with Gasteiger partial charge in [-0.3, -0.25) is 9.59 Å². The molecule has 0 saturated carbocycles. The lowest BCUT2D eigenvalue weighted by Gasteiger charge is -2.11. The quantitative estimate of drug-likeness (QED) is 0.498. The minimum absolute atomic E-state index is 0.221. The maximum Gasteiger partial charge on any atom is 0.306 e. The average Bonchev–Trinajstić information content (AvgIpc) is 2.39. The molecule has 0 aliphatic heterocycles. The fourth-order valence-corrected chi connectivity index (χ4v) is 2.22. The summed E-state index contributed by atoms with van der Waals surface area (Å²) in [6.07, 6.45) is 9.94. The molecule has 0 bridgehead atoms. The molecule has 0 amide bonds. The van der Waals surface area contributed by atoms with E-state index in [9.17, 15) is 9.59 Å². The van der Waals surface area contributed by atoms with E-state index in [0.717, 1.165) is 32.1 Å². The van der Waals surface area contributed by atoms with Gasteiger partial charge in [-0.25, -0.2) is 0 Å². The highest BCUT2D eigenvalue weighted by atomic mass is 16.4. The Morgan fingerprint density at radius 2 is 1.47 bits per heavy atom. The molecule has 0 aromatic rings. The summed E-state index contributed by atoms with van der Waals surface area (Å²) in [5, 5.41) is 9.15. The number of hydrogen-bond donors (Lipinski definition) is 1. The number of hydrogen-bond acceptors (Lipinski definition) is 2. The number of ketones is 1. The molecule has 0 heterocycles. The molecule has 0 aromatic heterocycles. The molecule has 3 nitrogen and oxygen atoms in total. The number of rotatable bonds is 13. The van der Waals surface area contributed by atoms with Crippen LogP contribution < -0.4 is 0 Å². The van der Waals surface area contributed by atoms with Gasteiger partial charge in [0.25, 0.3) is 0 Å². The topological polar surface area (TPSA) is 54.4 Å². The van der Waals surface area contributed by atoms with Crippen molar-refractivity contribution in [1.82, 2.24) is 0 Å². The summed E-state index contributed by atoms with van der Waals surface area (Å²) in [4.78, 5) is 22.7. The summed E-state index contributed by atoms with van der Waals surface area (Å²) in [6, 6.07) is 0. The van der Waals surface area contributed by atoms with Crippen LogP contribution in [0.1, 0.15) is 84.5 Å². The van der Waals surface area contributed by atoms with Crippen LogP contribution >= 0.6 is 0 Å². The Morgan fingerprint density at radius 1 is 0.842 bits per heavy atom. The Morgan fingerprint density at radius 3 is 2.05 bits per heavy atom. The van der Waals surface area contributed by atoms with Gasteiger partial charge >= 0.3 is 5.97 Å². The lowest BCUT2D eigenvalue weighted by molar-refractivity contribution is -0.142. The Bertz CT molecular complexity index is 248. The lowest BCUT2D eigenvalue weighted by atomic mass is 9.94. The van der Waals surface area contributed by atoms with E-state index in [4.69, 9.17) is 5.11 Å². The van der Waals surface area contributed by atoms with Crippen molar-refractivity contribution in [3.63, 3.8) is 0 Å². The van der Waals surface area contributed by atoms with Gasteiger partial charge in [-0.2, -0.15) is 0 Å². The third kappa shape index (κ3) is 10.7. The highest BCUT2D eigenvalue weighted by molar-refractivity contribution is 5.79. The van der Waals surface area contributed by atoms with Crippen LogP contribution in [0.4, 0.5) is 0 Å². The number of carbonyl (C=O) groups is 2. The second-order valence-corrected chi connectivity index (χ2v) is 5.42. The smallest absolute Gasteiger partial charge is 0.306 e. The summed E-state index contributed by atoms with van der Waals surface area (Å²) < 4.78 is 0. The van der Waals surface area contributed by atoms with Gasteiger partial charge in [-0.1, -0.05) is 52.4 Å². The molecular weight excluding hydrogens is 240 g/mol. The number of carboxylic acid groups (broad SMARTS) is 1. The summed E-state index contributed by atoms with van der Waals surface area (Å²) in [5.41, 5.74) is 0. The van der Waals surface area contributed by atoms with Gasteiger partial charge in [0.05, 0.1) is 5.92 Å². The van der Waals surface area contributed by atoms with Crippen molar-refractivity contribution < 1.29 is 14.7 Å². The van der Waals surface area contributed by atoms with Crippen LogP contribution in [-0.2, 0) is 9.59 Å².